The van der Waals surface area contributed by atoms with E-state index < -0.39 is 29.7 Å². The molecule has 0 aliphatic carbocycles. The summed E-state index contributed by atoms with van der Waals surface area (Å²) >= 11 is 0. The minimum atomic E-state index is -1.00. The maximum Gasteiger partial charge on any atom is 0.408 e. The van der Waals surface area contributed by atoms with Gasteiger partial charge in [0, 0.05) is 12.6 Å². The molecule has 2 aliphatic heterocycles. The molecule has 3 heterocycles. The molecule has 1 aromatic heterocycles. The molecule has 1 aromatic carbocycles. The zero-order valence-electron chi connectivity index (χ0n) is 17.5. The highest BCUT2D eigenvalue weighted by molar-refractivity contribution is 6.08. The molecule has 11 heteroatoms. The lowest BCUT2D eigenvalue weighted by Crippen LogP contribution is -2.56. The first-order valence-electron chi connectivity index (χ1n) is 9.93. The first kappa shape index (κ1) is 20.6. The number of nitrogens with one attached hydrogen (secondary N) is 3. The average molecular weight is 428 g/mol. The molecule has 2 aliphatic rings. The van der Waals surface area contributed by atoms with Gasteiger partial charge in [0.25, 0.3) is 5.91 Å². The van der Waals surface area contributed by atoms with Crippen molar-refractivity contribution < 1.29 is 23.9 Å². The Morgan fingerprint density at radius 2 is 2.16 bits per heavy atom. The molecule has 11 nitrogen and oxygen atoms in total. The molecular formula is C20H24N6O5. The lowest BCUT2D eigenvalue weighted by atomic mass is 10.1. The molecular weight excluding hydrogens is 404 g/mol. The van der Waals surface area contributed by atoms with Crippen LogP contribution < -0.4 is 20.3 Å². The van der Waals surface area contributed by atoms with Crippen molar-refractivity contribution in [2.24, 2.45) is 0 Å². The average Bonchev–Trinajstić information content (AvgIpc) is 3.32. The van der Waals surface area contributed by atoms with Gasteiger partial charge in [-0.1, -0.05) is 17.3 Å². The number of hydrogen-bond acceptors (Lipinski definition) is 7. The van der Waals surface area contributed by atoms with Crippen LogP contribution >= 0.6 is 0 Å². The highest BCUT2D eigenvalue weighted by Crippen LogP contribution is 2.42. The third-order valence-electron chi connectivity index (χ3n) is 4.89. The first-order valence-corrected chi connectivity index (χ1v) is 9.93. The summed E-state index contributed by atoms with van der Waals surface area (Å²) in [6.45, 7) is 5.30. The minimum Gasteiger partial charge on any atom is -0.489 e. The summed E-state index contributed by atoms with van der Waals surface area (Å²) in [6.07, 6.45) is 1.18. The molecule has 0 saturated carbocycles. The number of amides is 3. The quantitative estimate of drug-likeness (QED) is 0.650. The summed E-state index contributed by atoms with van der Waals surface area (Å²) in [6, 6.07) is 3.63. The fourth-order valence-electron chi connectivity index (χ4n) is 3.62. The molecule has 0 fully saturated rings. The second kappa shape index (κ2) is 7.89. The van der Waals surface area contributed by atoms with Crippen LogP contribution in [0.1, 0.15) is 32.0 Å². The number of para-hydroxylation sites is 1. The number of aromatic amines is 1. The van der Waals surface area contributed by atoms with Crippen LogP contribution in [0.25, 0.3) is 0 Å². The number of aromatic nitrogens is 3. The van der Waals surface area contributed by atoms with Crippen LogP contribution in [0.15, 0.2) is 24.4 Å². The Labute approximate surface area is 178 Å². The monoisotopic (exact) mass is 428 g/mol. The van der Waals surface area contributed by atoms with Gasteiger partial charge in [-0.15, -0.1) is 5.10 Å². The van der Waals surface area contributed by atoms with E-state index in [2.05, 4.69) is 26.0 Å². The highest BCUT2D eigenvalue weighted by Gasteiger charge is 2.45. The number of H-pyrrole nitrogens is 1. The zero-order valence-corrected chi connectivity index (χ0v) is 17.5. The smallest absolute Gasteiger partial charge is 0.408 e. The van der Waals surface area contributed by atoms with Crippen molar-refractivity contribution in [2.45, 2.75) is 51.4 Å². The lowest BCUT2D eigenvalue weighted by molar-refractivity contribution is -0.127. The maximum absolute atomic E-state index is 13.4. The highest BCUT2D eigenvalue weighted by atomic mass is 16.6. The Morgan fingerprint density at radius 3 is 2.87 bits per heavy atom. The molecule has 4 rings (SSSR count). The van der Waals surface area contributed by atoms with Crippen LogP contribution in [-0.4, -0.2) is 57.6 Å². The molecule has 3 N–H and O–H groups in total. The number of rotatable bonds is 4. The van der Waals surface area contributed by atoms with E-state index in [0.717, 1.165) is 5.56 Å². The standard InChI is InChI=1S/C20H24N6O5/c1-20(2,3)31-19(29)23-13-10-30-15-6-4-5-11-7-14(26(16(11)15)18(13)28)17(27)21-8-12-9-22-25-24-12/h4-6,9,13-14H,7-8,10H2,1-3H3,(H,21,27)(H,23,29)(H,22,24,25)/t13-,14-/m0/s1. The largest absolute Gasteiger partial charge is 0.489 e. The van der Waals surface area contributed by atoms with Crippen molar-refractivity contribution in [3.8, 4) is 5.75 Å². The number of benzene rings is 1. The fraction of sp³-hybridized carbons (Fsp3) is 0.450. The van der Waals surface area contributed by atoms with Crippen LogP contribution in [0.4, 0.5) is 10.5 Å². The van der Waals surface area contributed by atoms with Crippen LogP contribution in [0.2, 0.25) is 0 Å². The molecule has 2 atom stereocenters. The van der Waals surface area contributed by atoms with E-state index in [0.29, 0.717) is 23.6 Å². The Hall–Kier alpha value is -3.63. The number of carbonyl (C=O) groups excluding carboxylic acids is 3. The molecule has 0 radical (unpaired) electrons. The van der Waals surface area contributed by atoms with Gasteiger partial charge in [0.15, 0.2) is 0 Å². The van der Waals surface area contributed by atoms with Crippen molar-refractivity contribution in [3.05, 3.63) is 35.7 Å². The molecule has 0 spiro atoms. The van der Waals surface area contributed by atoms with Crippen molar-refractivity contribution in [3.63, 3.8) is 0 Å². The summed E-state index contributed by atoms with van der Waals surface area (Å²) < 4.78 is 11.1. The fourth-order valence-corrected chi connectivity index (χ4v) is 3.62. The molecule has 0 bridgehead atoms. The van der Waals surface area contributed by atoms with Gasteiger partial charge in [-0.3, -0.25) is 19.6 Å². The summed E-state index contributed by atoms with van der Waals surface area (Å²) in [5.74, 6) is -0.279. The summed E-state index contributed by atoms with van der Waals surface area (Å²) in [4.78, 5) is 40.0. The van der Waals surface area contributed by atoms with Gasteiger partial charge in [0.2, 0.25) is 5.91 Å². The van der Waals surface area contributed by atoms with E-state index >= 15 is 0 Å². The van der Waals surface area contributed by atoms with Gasteiger partial charge >= 0.3 is 6.09 Å². The van der Waals surface area contributed by atoms with Crippen molar-refractivity contribution in [2.75, 3.05) is 11.5 Å². The zero-order chi connectivity index (χ0) is 22.2. The second-order valence-corrected chi connectivity index (χ2v) is 8.38. The summed E-state index contributed by atoms with van der Waals surface area (Å²) in [5.41, 5.74) is 1.24. The minimum absolute atomic E-state index is 0.0711. The second-order valence-electron chi connectivity index (χ2n) is 8.38. The third-order valence-corrected chi connectivity index (χ3v) is 4.89. The van der Waals surface area contributed by atoms with Gasteiger partial charge in [-0.25, -0.2) is 4.79 Å². The topological polar surface area (TPSA) is 139 Å². The molecule has 3 amide bonds. The van der Waals surface area contributed by atoms with Crippen LogP contribution in [-0.2, 0) is 27.3 Å². The number of anilines is 1. The van der Waals surface area contributed by atoms with Gasteiger partial charge in [-0.05, 0) is 32.4 Å². The molecule has 2 aromatic rings. The first-order chi connectivity index (χ1) is 14.7. The Morgan fingerprint density at radius 1 is 1.35 bits per heavy atom. The Bertz CT molecular complexity index is 1000. The third kappa shape index (κ3) is 4.30. The van der Waals surface area contributed by atoms with E-state index in [9.17, 15) is 14.4 Å². The van der Waals surface area contributed by atoms with Crippen molar-refractivity contribution >= 4 is 23.6 Å². The van der Waals surface area contributed by atoms with Crippen molar-refractivity contribution in [1.82, 2.24) is 26.0 Å². The van der Waals surface area contributed by atoms with Crippen LogP contribution in [0.5, 0.6) is 5.75 Å². The Balaban J connectivity index is 1.56. The van der Waals surface area contributed by atoms with Crippen LogP contribution in [0.3, 0.4) is 0 Å². The number of ether oxygens (including phenoxy) is 2. The SMILES string of the molecule is CC(C)(C)OC(=O)N[C@H]1COc2cccc3c2N(C1=O)[C@H](C(=O)NCc1c[nH]nn1)C3. The maximum atomic E-state index is 13.4. The molecule has 0 unspecified atom stereocenters. The Kier molecular flexibility index (Phi) is 5.25. The predicted octanol–water partition coefficient (Wildman–Crippen LogP) is 0.665. The van der Waals surface area contributed by atoms with E-state index in [-0.39, 0.29) is 19.1 Å². The van der Waals surface area contributed by atoms with Gasteiger partial charge in [0.1, 0.15) is 35.7 Å². The van der Waals surface area contributed by atoms with E-state index in [1.54, 1.807) is 33.0 Å². The molecule has 164 valence electrons. The number of hydrogen-bond donors (Lipinski definition) is 3. The molecule has 31 heavy (non-hydrogen) atoms. The van der Waals surface area contributed by atoms with Gasteiger partial charge in [-0.2, -0.15) is 0 Å². The van der Waals surface area contributed by atoms with Crippen molar-refractivity contribution in [1.29, 1.82) is 0 Å². The lowest BCUT2D eigenvalue weighted by Gasteiger charge is -2.27. The summed E-state index contributed by atoms with van der Waals surface area (Å²) in [5, 5.41) is 15.4. The summed E-state index contributed by atoms with van der Waals surface area (Å²) in [7, 11) is 0. The molecule has 0 saturated heterocycles. The van der Waals surface area contributed by atoms with Crippen LogP contribution in [0, 0.1) is 0 Å². The number of nitrogens with zero attached hydrogens (tertiary/aromatic N) is 3. The van der Waals surface area contributed by atoms with E-state index in [4.69, 9.17) is 9.47 Å². The predicted molar refractivity (Wildman–Crippen MR) is 108 cm³/mol. The normalized spacial score (nSPS) is 19.8. The van der Waals surface area contributed by atoms with E-state index in [1.807, 2.05) is 12.1 Å². The van der Waals surface area contributed by atoms with E-state index in [1.165, 1.54) is 4.90 Å². The van der Waals surface area contributed by atoms with Gasteiger partial charge in [0.05, 0.1) is 12.2 Å². The number of alkyl carbamates (subject to hydrolysis) is 1. The van der Waals surface area contributed by atoms with Gasteiger partial charge < -0.3 is 20.1 Å². The number of carbonyl (C=O) groups is 3.